The van der Waals surface area contributed by atoms with Gasteiger partial charge in [-0.1, -0.05) is 6.07 Å². The minimum atomic E-state index is -0.0574. The molecule has 0 aliphatic carbocycles. The van der Waals surface area contributed by atoms with Crippen LogP contribution in [0.5, 0.6) is 0 Å². The fourth-order valence-electron chi connectivity index (χ4n) is 3.00. The zero-order valence-corrected chi connectivity index (χ0v) is 14.7. The fourth-order valence-corrected chi connectivity index (χ4v) is 3.88. The lowest BCUT2D eigenvalue weighted by Gasteiger charge is -2.24. The Morgan fingerprint density at radius 1 is 1.38 bits per heavy atom. The van der Waals surface area contributed by atoms with Crippen molar-refractivity contribution in [2.24, 2.45) is 0 Å². The highest BCUT2D eigenvalue weighted by Gasteiger charge is 2.32. The van der Waals surface area contributed by atoms with Gasteiger partial charge in [0.2, 0.25) is 5.91 Å². The molecule has 1 N–H and O–H groups in total. The van der Waals surface area contributed by atoms with E-state index in [9.17, 15) is 9.59 Å². The second-order valence-corrected chi connectivity index (χ2v) is 7.01. The number of likely N-dealkylation sites (tertiary alicyclic amines) is 1. The molecule has 6 heteroatoms. The van der Waals surface area contributed by atoms with Gasteiger partial charge in [0.25, 0.3) is 5.91 Å². The summed E-state index contributed by atoms with van der Waals surface area (Å²) in [6.45, 7) is 4.72. The van der Waals surface area contributed by atoms with E-state index >= 15 is 0 Å². The quantitative estimate of drug-likeness (QED) is 0.928. The third-order valence-corrected chi connectivity index (χ3v) is 5.30. The molecule has 0 spiro atoms. The summed E-state index contributed by atoms with van der Waals surface area (Å²) in [5, 5.41) is 4.72. The molecule has 0 radical (unpaired) electrons. The molecule has 0 saturated carbocycles. The number of aromatic nitrogens is 1. The van der Waals surface area contributed by atoms with Gasteiger partial charge >= 0.3 is 0 Å². The Morgan fingerprint density at radius 2 is 2.21 bits per heavy atom. The first-order valence-corrected chi connectivity index (χ1v) is 8.98. The van der Waals surface area contributed by atoms with Crippen LogP contribution in [0.15, 0.2) is 29.8 Å². The summed E-state index contributed by atoms with van der Waals surface area (Å²) in [5.41, 5.74) is 2.91. The molecule has 24 heavy (non-hydrogen) atoms. The number of rotatable bonds is 4. The highest BCUT2D eigenvalue weighted by Crippen LogP contribution is 2.33. The normalized spacial score (nSPS) is 17.1. The van der Waals surface area contributed by atoms with Crippen LogP contribution in [-0.4, -0.2) is 28.2 Å². The van der Waals surface area contributed by atoms with E-state index in [2.05, 4.69) is 10.3 Å². The molecule has 1 atom stereocenters. The molecule has 1 fully saturated rings. The molecule has 2 aromatic rings. The molecule has 2 aromatic heterocycles. The van der Waals surface area contributed by atoms with Crippen molar-refractivity contribution in [1.29, 1.82) is 0 Å². The Balaban J connectivity index is 1.74. The molecular formula is C18H21N3O2S. The van der Waals surface area contributed by atoms with Crippen molar-refractivity contribution in [2.45, 2.75) is 39.3 Å². The van der Waals surface area contributed by atoms with Crippen LogP contribution in [0.2, 0.25) is 0 Å². The lowest BCUT2D eigenvalue weighted by atomic mass is 10.1. The van der Waals surface area contributed by atoms with E-state index in [1.807, 2.05) is 35.4 Å². The Bertz CT molecular complexity index is 739. The first-order valence-electron chi connectivity index (χ1n) is 8.10. The van der Waals surface area contributed by atoms with Crippen molar-refractivity contribution in [3.8, 4) is 0 Å². The average Bonchev–Trinajstić information content (AvgIpc) is 3.21. The molecule has 3 rings (SSSR count). The first kappa shape index (κ1) is 16.6. The third-order valence-electron chi connectivity index (χ3n) is 4.30. The third kappa shape index (κ3) is 3.48. The van der Waals surface area contributed by atoms with Gasteiger partial charge in [0.15, 0.2) is 0 Å². The smallest absolute Gasteiger partial charge is 0.264 e. The lowest BCUT2D eigenvalue weighted by Crippen LogP contribution is -2.30. The molecule has 1 aliphatic heterocycles. The standard InChI is InChI=1S/C18H21N3O2S/c1-12-7-9-24-17(12)18(23)21-8-3-4-16(21)15-6-5-14(11-20-15)10-19-13(2)22/h5-7,9,11,16H,3-4,8,10H2,1-2H3,(H,19,22). The zero-order chi connectivity index (χ0) is 17.1. The predicted octanol–water partition coefficient (Wildman–Crippen LogP) is 3.06. The van der Waals surface area contributed by atoms with Crippen LogP contribution >= 0.6 is 11.3 Å². The topological polar surface area (TPSA) is 62.3 Å². The van der Waals surface area contributed by atoms with Crippen LogP contribution < -0.4 is 5.32 Å². The Kier molecular flexibility index (Phi) is 4.94. The average molecular weight is 343 g/mol. The predicted molar refractivity (Wildman–Crippen MR) is 93.8 cm³/mol. The van der Waals surface area contributed by atoms with E-state index in [-0.39, 0.29) is 17.9 Å². The van der Waals surface area contributed by atoms with Gasteiger partial charge in [-0.15, -0.1) is 11.3 Å². The van der Waals surface area contributed by atoms with Crippen molar-refractivity contribution in [1.82, 2.24) is 15.2 Å². The second-order valence-electron chi connectivity index (χ2n) is 6.09. The van der Waals surface area contributed by atoms with E-state index in [0.29, 0.717) is 6.54 Å². The molecule has 0 aromatic carbocycles. The Hall–Kier alpha value is -2.21. The van der Waals surface area contributed by atoms with Gasteiger partial charge in [-0.05, 0) is 48.4 Å². The number of nitrogens with zero attached hydrogens (tertiary/aromatic N) is 2. The summed E-state index contributed by atoms with van der Waals surface area (Å²) in [4.78, 5) is 31.1. The minimum Gasteiger partial charge on any atom is -0.352 e. The number of amides is 2. The van der Waals surface area contributed by atoms with E-state index in [0.717, 1.165) is 41.1 Å². The summed E-state index contributed by atoms with van der Waals surface area (Å²) < 4.78 is 0. The SMILES string of the molecule is CC(=O)NCc1ccc(C2CCCN2C(=O)c2sccc2C)nc1. The Morgan fingerprint density at radius 3 is 2.83 bits per heavy atom. The summed E-state index contributed by atoms with van der Waals surface area (Å²) in [6, 6.07) is 5.95. The second kappa shape index (κ2) is 7.13. The number of nitrogens with one attached hydrogen (secondary N) is 1. The number of pyridine rings is 1. The van der Waals surface area contributed by atoms with E-state index in [1.54, 1.807) is 6.20 Å². The highest BCUT2D eigenvalue weighted by atomic mass is 32.1. The fraction of sp³-hybridized carbons (Fsp3) is 0.389. The van der Waals surface area contributed by atoms with Gasteiger partial charge in [0, 0.05) is 26.2 Å². The molecule has 126 valence electrons. The monoisotopic (exact) mass is 343 g/mol. The van der Waals surface area contributed by atoms with Crippen LogP contribution in [0.3, 0.4) is 0 Å². The molecule has 1 saturated heterocycles. The maximum atomic E-state index is 12.8. The molecule has 1 aliphatic rings. The molecule has 1 unspecified atom stereocenters. The molecule has 0 bridgehead atoms. The molecule has 2 amide bonds. The molecule has 3 heterocycles. The summed E-state index contributed by atoms with van der Waals surface area (Å²) >= 11 is 1.50. The van der Waals surface area contributed by atoms with Gasteiger partial charge in [-0.2, -0.15) is 0 Å². The van der Waals surface area contributed by atoms with Crippen LogP contribution in [0.4, 0.5) is 0 Å². The van der Waals surface area contributed by atoms with Crippen molar-refractivity contribution in [3.05, 3.63) is 51.5 Å². The summed E-state index contributed by atoms with van der Waals surface area (Å²) in [7, 11) is 0. The van der Waals surface area contributed by atoms with Crippen LogP contribution in [0, 0.1) is 6.92 Å². The van der Waals surface area contributed by atoms with Crippen LogP contribution in [0.25, 0.3) is 0 Å². The van der Waals surface area contributed by atoms with E-state index in [4.69, 9.17) is 0 Å². The largest absolute Gasteiger partial charge is 0.352 e. The first-order chi connectivity index (χ1) is 11.6. The number of carbonyl (C=O) groups excluding carboxylic acids is 2. The molecule has 5 nitrogen and oxygen atoms in total. The van der Waals surface area contributed by atoms with Gasteiger partial charge in [-0.25, -0.2) is 0 Å². The number of aryl methyl sites for hydroxylation is 1. The van der Waals surface area contributed by atoms with Crippen LogP contribution in [0.1, 0.15) is 52.3 Å². The van der Waals surface area contributed by atoms with E-state index in [1.165, 1.54) is 18.3 Å². The lowest BCUT2D eigenvalue weighted by molar-refractivity contribution is -0.119. The van der Waals surface area contributed by atoms with Gasteiger partial charge in [0.05, 0.1) is 16.6 Å². The number of carbonyl (C=O) groups is 2. The number of hydrogen-bond donors (Lipinski definition) is 1. The molecular weight excluding hydrogens is 322 g/mol. The summed E-state index contributed by atoms with van der Waals surface area (Å²) in [6.07, 6.45) is 3.72. The minimum absolute atomic E-state index is 0.0359. The van der Waals surface area contributed by atoms with Gasteiger partial charge in [0.1, 0.15) is 0 Å². The highest BCUT2D eigenvalue weighted by molar-refractivity contribution is 7.12. The van der Waals surface area contributed by atoms with E-state index < -0.39 is 0 Å². The van der Waals surface area contributed by atoms with Crippen molar-refractivity contribution in [3.63, 3.8) is 0 Å². The Labute approximate surface area is 145 Å². The van der Waals surface area contributed by atoms with Crippen LogP contribution in [-0.2, 0) is 11.3 Å². The maximum Gasteiger partial charge on any atom is 0.264 e. The van der Waals surface area contributed by atoms with Crippen molar-refractivity contribution in [2.75, 3.05) is 6.54 Å². The van der Waals surface area contributed by atoms with Gasteiger partial charge < -0.3 is 10.2 Å². The maximum absolute atomic E-state index is 12.8. The number of hydrogen-bond acceptors (Lipinski definition) is 4. The zero-order valence-electron chi connectivity index (χ0n) is 13.9. The summed E-state index contributed by atoms with van der Waals surface area (Å²) in [5.74, 6) is 0.0482. The number of thiophene rings is 1. The van der Waals surface area contributed by atoms with Crippen molar-refractivity contribution >= 4 is 23.2 Å². The van der Waals surface area contributed by atoms with Gasteiger partial charge in [-0.3, -0.25) is 14.6 Å². The van der Waals surface area contributed by atoms with Crippen molar-refractivity contribution < 1.29 is 9.59 Å².